The van der Waals surface area contributed by atoms with Crippen LogP contribution in [0.25, 0.3) is 21.9 Å². The van der Waals surface area contributed by atoms with Gasteiger partial charge in [-0.3, -0.25) is 4.79 Å². The highest BCUT2D eigenvalue weighted by Gasteiger charge is 2.13. The van der Waals surface area contributed by atoms with Crippen molar-refractivity contribution in [3.8, 4) is 11.1 Å². The van der Waals surface area contributed by atoms with Crippen LogP contribution in [0.3, 0.4) is 0 Å². The molecule has 0 atom stereocenters. The molecular weight excluding hydrogens is 266 g/mol. The van der Waals surface area contributed by atoms with Gasteiger partial charge in [-0.1, -0.05) is 24.3 Å². The number of H-pyrrole nitrogens is 1. The number of hydrogen-bond donors (Lipinski definition) is 2. The first kappa shape index (κ1) is 13.1. The van der Waals surface area contributed by atoms with E-state index in [1.165, 1.54) is 0 Å². The average molecular weight is 279 g/mol. The monoisotopic (exact) mass is 279 g/mol. The van der Waals surface area contributed by atoms with Crippen LogP contribution in [0.1, 0.15) is 15.9 Å². The highest BCUT2D eigenvalue weighted by atomic mass is 16.4. The molecule has 0 unspecified atom stereocenters. The molecule has 1 heterocycles. The van der Waals surface area contributed by atoms with Gasteiger partial charge in [0.2, 0.25) is 0 Å². The van der Waals surface area contributed by atoms with Gasteiger partial charge in [0.15, 0.2) is 0 Å². The largest absolute Gasteiger partial charge is 0.478 e. The lowest BCUT2D eigenvalue weighted by atomic mass is 9.93. The summed E-state index contributed by atoms with van der Waals surface area (Å²) < 4.78 is 0. The molecule has 0 spiro atoms. The molecular formula is C17H13NO3. The number of carboxylic acid groups (broad SMARTS) is 1. The Morgan fingerprint density at radius 2 is 1.71 bits per heavy atom. The first-order valence-electron chi connectivity index (χ1n) is 6.53. The molecule has 2 N–H and O–H groups in total. The van der Waals surface area contributed by atoms with Crippen molar-refractivity contribution in [2.45, 2.75) is 6.92 Å². The molecule has 3 aromatic rings. The number of carboxylic acids is 1. The summed E-state index contributed by atoms with van der Waals surface area (Å²) in [5.74, 6) is -0.951. The third-order valence-electron chi connectivity index (χ3n) is 3.67. The Bertz CT molecular complexity index is 909. The summed E-state index contributed by atoms with van der Waals surface area (Å²) in [6.07, 6.45) is 1.60. The second-order valence-corrected chi connectivity index (χ2v) is 4.86. The Morgan fingerprint density at radius 3 is 2.48 bits per heavy atom. The third-order valence-corrected chi connectivity index (χ3v) is 3.67. The molecule has 0 radical (unpaired) electrons. The molecule has 2 aromatic carbocycles. The maximum atomic E-state index is 11.9. The number of hydrogen-bond acceptors (Lipinski definition) is 2. The Labute approximate surface area is 120 Å². The first-order chi connectivity index (χ1) is 10.1. The van der Waals surface area contributed by atoms with Crippen molar-refractivity contribution in [3.63, 3.8) is 0 Å². The van der Waals surface area contributed by atoms with Gasteiger partial charge in [-0.2, -0.15) is 0 Å². The molecule has 4 nitrogen and oxygen atoms in total. The summed E-state index contributed by atoms with van der Waals surface area (Å²) >= 11 is 0. The number of fused-ring (bicyclic) bond motifs is 1. The van der Waals surface area contributed by atoms with E-state index in [-0.39, 0.29) is 11.1 Å². The fourth-order valence-electron chi connectivity index (χ4n) is 2.62. The lowest BCUT2D eigenvalue weighted by molar-refractivity contribution is 0.0696. The Kier molecular flexibility index (Phi) is 3.06. The Balaban J connectivity index is 2.37. The lowest BCUT2D eigenvalue weighted by Gasteiger charge is -2.11. The fourth-order valence-corrected chi connectivity index (χ4v) is 2.62. The highest BCUT2D eigenvalue weighted by molar-refractivity contribution is 5.99. The normalized spacial score (nSPS) is 10.7. The van der Waals surface area contributed by atoms with E-state index < -0.39 is 5.97 Å². The van der Waals surface area contributed by atoms with E-state index in [9.17, 15) is 14.7 Å². The number of aromatic carboxylic acids is 1. The summed E-state index contributed by atoms with van der Waals surface area (Å²) in [7, 11) is 0. The van der Waals surface area contributed by atoms with E-state index in [1.54, 1.807) is 37.4 Å². The zero-order valence-corrected chi connectivity index (χ0v) is 11.4. The van der Waals surface area contributed by atoms with Crippen molar-refractivity contribution >= 4 is 16.7 Å². The molecule has 4 heteroatoms. The van der Waals surface area contributed by atoms with E-state index >= 15 is 0 Å². The highest BCUT2D eigenvalue weighted by Crippen LogP contribution is 2.30. The standard InChI is InChI=1S/C17H13NO3/c1-10-11(4-2-5-12(10)17(20)21)13-6-3-7-15-14(13)8-9-18-16(15)19/h2-9H,1H3,(H,18,19)(H,20,21). The summed E-state index contributed by atoms with van der Waals surface area (Å²) in [6, 6.07) is 12.5. The molecule has 1 aromatic heterocycles. The molecule has 3 rings (SSSR count). The van der Waals surface area contributed by atoms with Crippen LogP contribution in [0.2, 0.25) is 0 Å². The van der Waals surface area contributed by atoms with Crippen LogP contribution in [0.15, 0.2) is 53.5 Å². The smallest absolute Gasteiger partial charge is 0.335 e. The number of benzene rings is 2. The van der Waals surface area contributed by atoms with E-state index in [0.717, 1.165) is 16.5 Å². The topological polar surface area (TPSA) is 70.2 Å². The summed E-state index contributed by atoms with van der Waals surface area (Å²) in [6.45, 7) is 1.78. The van der Waals surface area contributed by atoms with Crippen LogP contribution in [0.4, 0.5) is 0 Å². The summed E-state index contributed by atoms with van der Waals surface area (Å²) in [5.41, 5.74) is 2.50. The van der Waals surface area contributed by atoms with Crippen molar-refractivity contribution in [2.75, 3.05) is 0 Å². The van der Waals surface area contributed by atoms with E-state index in [4.69, 9.17) is 0 Å². The SMILES string of the molecule is Cc1c(C(=O)O)cccc1-c1cccc2c(=O)[nH]ccc12. The van der Waals surface area contributed by atoms with Crippen molar-refractivity contribution in [1.29, 1.82) is 0 Å². The average Bonchev–Trinajstić information content (AvgIpc) is 2.47. The van der Waals surface area contributed by atoms with Gasteiger partial charge in [0.1, 0.15) is 0 Å². The molecule has 0 bridgehead atoms. The maximum Gasteiger partial charge on any atom is 0.335 e. The predicted octanol–water partition coefficient (Wildman–Crippen LogP) is 3.20. The number of pyridine rings is 1. The molecule has 21 heavy (non-hydrogen) atoms. The van der Waals surface area contributed by atoms with Gasteiger partial charge in [-0.05, 0) is 47.2 Å². The first-order valence-corrected chi connectivity index (χ1v) is 6.53. The van der Waals surface area contributed by atoms with E-state index in [1.807, 2.05) is 18.2 Å². The van der Waals surface area contributed by atoms with Crippen LogP contribution in [0.5, 0.6) is 0 Å². The van der Waals surface area contributed by atoms with Gasteiger partial charge in [0.25, 0.3) is 5.56 Å². The molecule has 0 aliphatic heterocycles. The van der Waals surface area contributed by atoms with Crippen molar-refractivity contribution < 1.29 is 9.90 Å². The van der Waals surface area contributed by atoms with Crippen molar-refractivity contribution in [3.05, 3.63) is 70.1 Å². The Morgan fingerprint density at radius 1 is 1.00 bits per heavy atom. The molecule has 0 amide bonds. The quantitative estimate of drug-likeness (QED) is 0.756. The predicted molar refractivity (Wildman–Crippen MR) is 81.7 cm³/mol. The van der Waals surface area contributed by atoms with Crippen molar-refractivity contribution in [2.24, 2.45) is 0 Å². The summed E-state index contributed by atoms with van der Waals surface area (Å²) in [4.78, 5) is 25.8. The van der Waals surface area contributed by atoms with Gasteiger partial charge in [-0.25, -0.2) is 4.79 Å². The zero-order chi connectivity index (χ0) is 15.0. The zero-order valence-electron chi connectivity index (χ0n) is 11.4. The number of carbonyl (C=O) groups is 1. The minimum Gasteiger partial charge on any atom is -0.478 e. The van der Waals surface area contributed by atoms with Gasteiger partial charge in [0, 0.05) is 11.6 Å². The molecule has 0 aliphatic rings. The number of aromatic nitrogens is 1. The second kappa shape index (κ2) is 4.90. The van der Waals surface area contributed by atoms with E-state index in [2.05, 4.69) is 4.98 Å². The lowest BCUT2D eigenvalue weighted by Crippen LogP contribution is -2.05. The van der Waals surface area contributed by atoms with Crippen LogP contribution in [-0.2, 0) is 0 Å². The van der Waals surface area contributed by atoms with Gasteiger partial charge < -0.3 is 10.1 Å². The van der Waals surface area contributed by atoms with Gasteiger partial charge in [0.05, 0.1) is 5.56 Å². The molecule has 104 valence electrons. The third kappa shape index (κ3) is 2.10. The minimum absolute atomic E-state index is 0.151. The fraction of sp³-hybridized carbons (Fsp3) is 0.0588. The second-order valence-electron chi connectivity index (χ2n) is 4.86. The number of aromatic amines is 1. The maximum absolute atomic E-state index is 11.9. The van der Waals surface area contributed by atoms with Crippen LogP contribution in [-0.4, -0.2) is 16.1 Å². The van der Waals surface area contributed by atoms with Crippen LogP contribution < -0.4 is 5.56 Å². The van der Waals surface area contributed by atoms with E-state index in [0.29, 0.717) is 10.9 Å². The molecule has 0 saturated heterocycles. The van der Waals surface area contributed by atoms with Gasteiger partial charge >= 0.3 is 5.97 Å². The van der Waals surface area contributed by atoms with Gasteiger partial charge in [-0.15, -0.1) is 0 Å². The van der Waals surface area contributed by atoms with Crippen molar-refractivity contribution in [1.82, 2.24) is 4.98 Å². The molecule has 0 saturated carbocycles. The van der Waals surface area contributed by atoms with Crippen LogP contribution >= 0.6 is 0 Å². The van der Waals surface area contributed by atoms with Crippen LogP contribution in [0, 0.1) is 6.92 Å². The molecule has 0 fully saturated rings. The number of rotatable bonds is 2. The Hall–Kier alpha value is -2.88. The minimum atomic E-state index is -0.951. The summed E-state index contributed by atoms with van der Waals surface area (Å²) in [5, 5.41) is 10.6. The number of nitrogens with one attached hydrogen (secondary N) is 1. The molecule has 0 aliphatic carbocycles.